The monoisotopic (exact) mass is 583 g/mol. The van der Waals surface area contributed by atoms with Crippen LogP contribution in [0.3, 0.4) is 0 Å². The Morgan fingerprint density at radius 2 is 1.97 bits per heavy atom. The van der Waals surface area contributed by atoms with Crippen LogP contribution in [0.4, 0.5) is 19.4 Å². The molecule has 9 nitrogen and oxygen atoms in total. The van der Waals surface area contributed by atoms with Gasteiger partial charge in [0.2, 0.25) is 0 Å². The molecule has 39 heavy (non-hydrogen) atoms. The van der Waals surface area contributed by atoms with E-state index < -0.39 is 27.5 Å². The highest BCUT2D eigenvalue weighted by Gasteiger charge is 2.14. The highest BCUT2D eigenvalue weighted by molar-refractivity contribution is 7.93. The third kappa shape index (κ3) is 10.6. The molecule has 2 rings (SSSR count). The number of hydrogen-bond donors (Lipinski definition) is 2. The number of aromatic nitrogens is 1. The van der Waals surface area contributed by atoms with Crippen LogP contribution in [-0.2, 0) is 9.73 Å². The lowest BCUT2D eigenvalue weighted by molar-refractivity contribution is 0.206. The van der Waals surface area contributed by atoms with Crippen molar-refractivity contribution >= 4 is 38.4 Å². The average Bonchev–Trinajstić information content (AvgIpc) is 2.84. The Kier molecular flexibility index (Phi) is 11.9. The van der Waals surface area contributed by atoms with E-state index in [1.54, 1.807) is 6.08 Å². The number of carbonyl (C=O) groups is 1. The van der Waals surface area contributed by atoms with Gasteiger partial charge in [-0.1, -0.05) is 11.6 Å². The standard InChI is InChI=1S/C26H32ClF2N5O4S/c1-17(11-18(12-24(27)31-2)16-39(4,37)33-26(35)36)34(3)9-5-6-10-38-23-13-19(28)7-8-20(23)21-14-25(30)32-15-22(21)29/h7-8,11-15H,5-6,9-10,16H2,1-4H3,(H2,30,32)(H,35,36)/b17-11+,18-12+,31-24?. The Balaban J connectivity index is 2.04. The number of benzene rings is 1. The van der Waals surface area contributed by atoms with Gasteiger partial charge in [-0.15, -0.1) is 4.36 Å². The first-order valence-electron chi connectivity index (χ1n) is 11.8. The van der Waals surface area contributed by atoms with Crippen molar-refractivity contribution in [2.75, 3.05) is 45.0 Å². The topological polar surface area (TPSA) is 130 Å². The van der Waals surface area contributed by atoms with Crippen LogP contribution in [0.5, 0.6) is 5.75 Å². The van der Waals surface area contributed by atoms with Crippen LogP contribution < -0.4 is 10.5 Å². The Morgan fingerprint density at radius 3 is 2.64 bits per heavy atom. The third-order valence-electron chi connectivity index (χ3n) is 5.48. The molecule has 0 saturated carbocycles. The number of amides is 1. The second-order valence-electron chi connectivity index (χ2n) is 8.74. The summed E-state index contributed by atoms with van der Waals surface area (Å²) in [5, 5.41) is 9.06. The summed E-state index contributed by atoms with van der Waals surface area (Å²) in [5.74, 6) is -0.902. The lowest BCUT2D eigenvalue weighted by Gasteiger charge is -2.21. The molecule has 1 atom stereocenters. The summed E-state index contributed by atoms with van der Waals surface area (Å²) in [6.07, 6.45) is 5.36. The molecule has 1 aromatic heterocycles. The Labute approximate surface area is 232 Å². The van der Waals surface area contributed by atoms with Gasteiger partial charge in [-0.05, 0) is 55.7 Å². The molecule has 0 saturated heterocycles. The van der Waals surface area contributed by atoms with Gasteiger partial charge in [-0.3, -0.25) is 4.99 Å². The number of rotatable bonds is 12. The summed E-state index contributed by atoms with van der Waals surface area (Å²) < 4.78 is 49.9. The molecule has 0 aliphatic carbocycles. The Hall–Kier alpha value is -3.51. The first-order valence-corrected chi connectivity index (χ1v) is 14.3. The molecule has 1 unspecified atom stereocenters. The number of pyridine rings is 1. The van der Waals surface area contributed by atoms with Crippen LogP contribution in [0.2, 0.25) is 0 Å². The van der Waals surface area contributed by atoms with Crippen molar-refractivity contribution in [2.45, 2.75) is 19.8 Å². The minimum Gasteiger partial charge on any atom is -0.493 e. The second-order valence-corrected chi connectivity index (χ2v) is 11.5. The van der Waals surface area contributed by atoms with Crippen LogP contribution >= 0.6 is 11.6 Å². The minimum atomic E-state index is -3.03. The summed E-state index contributed by atoms with van der Waals surface area (Å²) in [6, 6.07) is 5.22. The number of ether oxygens (including phenoxy) is 1. The van der Waals surface area contributed by atoms with Crippen molar-refractivity contribution in [1.29, 1.82) is 0 Å². The van der Waals surface area contributed by atoms with Gasteiger partial charge in [0, 0.05) is 49.8 Å². The van der Waals surface area contributed by atoms with Crippen molar-refractivity contribution in [2.24, 2.45) is 9.36 Å². The van der Waals surface area contributed by atoms with E-state index in [4.69, 9.17) is 27.2 Å². The molecule has 1 amide bonds. The highest BCUT2D eigenvalue weighted by Crippen LogP contribution is 2.33. The number of nitrogen functional groups attached to an aromatic ring is 1. The number of nitrogens with two attached hydrogens (primary N) is 1. The zero-order valence-corrected chi connectivity index (χ0v) is 23.7. The molecule has 0 spiro atoms. The van der Waals surface area contributed by atoms with E-state index >= 15 is 0 Å². The fourth-order valence-corrected chi connectivity index (χ4v) is 4.86. The predicted octanol–water partition coefficient (Wildman–Crippen LogP) is 5.57. The zero-order valence-electron chi connectivity index (χ0n) is 22.2. The fourth-order valence-electron chi connectivity index (χ4n) is 3.54. The molecular formula is C26H32ClF2N5O4S. The van der Waals surface area contributed by atoms with Crippen molar-refractivity contribution in [1.82, 2.24) is 9.88 Å². The van der Waals surface area contributed by atoms with Gasteiger partial charge in [-0.25, -0.2) is 22.8 Å². The first-order chi connectivity index (χ1) is 18.3. The molecule has 0 bridgehead atoms. The fraction of sp³-hybridized carbons (Fsp3) is 0.346. The van der Waals surface area contributed by atoms with E-state index in [1.807, 2.05) is 18.9 Å². The van der Waals surface area contributed by atoms with Crippen molar-refractivity contribution in [3.63, 3.8) is 0 Å². The predicted molar refractivity (Wildman–Crippen MR) is 152 cm³/mol. The maximum Gasteiger partial charge on any atom is 0.439 e. The smallest absolute Gasteiger partial charge is 0.439 e. The molecule has 1 aromatic carbocycles. The summed E-state index contributed by atoms with van der Waals surface area (Å²) in [5.41, 5.74) is 7.55. The Bertz CT molecular complexity index is 1400. The maximum atomic E-state index is 14.3. The molecule has 0 fully saturated rings. The van der Waals surface area contributed by atoms with Crippen LogP contribution in [0.25, 0.3) is 11.1 Å². The molecule has 1 heterocycles. The quantitative estimate of drug-likeness (QED) is 0.190. The molecular weight excluding hydrogens is 552 g/mol. The van der Waals surface area contributed by atoms with Crippen molar-refractivity contribution in [3.05, 3.63) is 65.5 Å². The van der Waals surface area contributed by atoms with Crippen molar-refractivity contribution in [3.8, 4) is 16.9 Å². The average molecular weight is 584 g/mol. The van der Waals surface area contributed by atoms with Gasteiger partial charge in [-0.2, -0.15) is 0 Å². The van der Waals surface area contributed by atoms with Crippen LogP contribution in [-0.4, -0.2) is 69.7 Å². The van der Waals surface area contributed by atoms with Gasteiger partial charge in [0.25, 0.3) is 0 Å². The van der Waals surface area contributed by atoms with Crippen LogP contribution in [0, 0.1) is 11.6 Å². The highest BCUT2D eigenvalue weighted by atomic mass is 35.5. The van der Waals surface area contributed by atoms with E-state index in [0.717, 1.165) is 11.9 Å². The third-order valence-corrected chi connectivity index (χ3v) is 7.17. The number of aliphatic imine (C=N–C) groups is 1. The van der Waals surface area contributed by atoms with Gasteiger partial charge in [0.15, 0.2) is 0 Å². The molecule has 0 radical (unpaired) electrons. The number of anilines is 1. The summed E-state index contributed by atoms with van der Waals surface area (Å²) >= 11 is 6.03. The summed E-state index contributed by atoms with van der Waals surface area (Å²) in [7, 11) is 0.334. The summed E-state index contributed by atoms with van der Waals surface area (Å²) in [4.78, 5) is 20.4. The number of halogens is 3. The number of allylic oxidation sites excluding steroid dienone is 3. The van der Waals surface area contributed by atoms with Gasteiger partial charge < -0.3 is 20.5 Å². The van der Waals surface area contributed by atoms with E-state index in [9.17, 15) is 17.8 Å². The van der Waals surface area contributed by atoms with Crippen molar-refractivity contribution < 1.29 is 27.6 Å². The van der Waals surface area contributed by atoms with E-state index in [0.29, 0.717) is 30.5 Å². The van der Waals surface area contributed by atoms with Crippen LogP contribution in [0.1, 0.15) is 19.8 Å². The van der Waals surface area contributed by atoms with E-state index in [-0.39, 0.29) is 34.7 Å². The zero-order chi connectivity index (χ0) is 29.2. The number of unbranched alkanes of at least 4 members (excludes halogenated alkanes) is 1. The van der Waals surface area contributed by atoms with E-state index in [1.165, 1.54) is 43.6 Å². The Morgan fingerprint density at radius 1 is 1.26 bits per heavy atom. The lowest BCUT2D eigenvalue weighted by Crippen LogP contribution is -2.19. The second kappa shape index (κ2) is 14.6. The number of nitrogens with zero attached hydrogens (tertiary/aromatic N) is 4. The number of carboxylic acid groups (broad SMARTS) is 1. The van der Waals surface area contributed by atoms with Gasteiger partial charge in [0.1, 0.15) is 28.4 Å². The lowest BCUT2D eigenvalue weighted by atomic mass is 10.0. The van der Waals surface area contributed by atoms with E-state index in [2.05, 4.69) is 14.3 Å². The SMILES string of the molecule is CN=C(Cl)/C=C(\C=C(/C)N(C)CCCCOc1cc(F)ccc1-c1cc(N)ncc1F)CS(C)(=O)=NC(=O)O. The first kappa shape index (κ1) is 31.7. The van der Waals surface area contributed by atoms with Crippen LogP contribution in [0.15, 0.2) is 63.2 Å². The minimum absolute atomic E-state index is 0.121. The number of hydrogen-bond acceptors (Lipinski definition) is 7. The normalized spacial score (nSPS) is 14.1. The van der Waals surface area contributed by atoms with Gasteiger partial charge in [0.05, 0.1) is 28.3 Å². The molecule has 212 valence electrons. The molecule has 2 aromatic rings. The molecule has 0 aliphatic heterocycles. The molecule has 3 N–H and O–H groups in total. The summed E-state index contributed by atoms with van der Waals surface area (Å²) in [6.45, 7) is 2.74. The maximum absolute atomic E-state index is 14.3. The molecule has 0 aliphatic rings. The molecule has 13 heteroatoms. The largest absolute Gasteiger partial charge is 0.493 e. The van der Waals surface area contributed by atoms with Gasteiger partial charge >= 0.3 is 6.09 Å².